The van der Waals surface area contributed by atoms with Crippen molar-refractivity contribution in [2.45, 2.75) is 50.7 Å². The predicted molar refractivity (Wildman–Crippen MR) is 150 cm³/mol. The number of thiazole rings is 1. The molecule has 2 N–H and O–H groups in total. The minimum atomic E-state index is -4.86. The van der Waals surface area contributed by atoms with E-state index >= 15 is 0 Å². The first kappa shape index (κ1) is 27.9. The van der Waals surface area contributed by atoms with Crippen molar-refractivity contribution in [2.24, 2.45) is 0 Å². The van der Waals surface area contributed by atoms with E-state index in [2.05, 4.69) is 20.8 Å². The summed E-state index contributed by atoms with van der Waals surface area (Å²) in [7, 11) is 0. The summed E-state index contributed by atoms with van der Waals surface area (Å²) in [6, 6.07) is 13.4. The van der Waals surface area contributed by atoms with Crippen LogP contribution in [0.1, 0.15) is 53.1 Å². The topological polar surface area (TPSA) is 113 Å². The van der Waals surface area contributed by atoms with Gasteiger partial charge in [-0.15, -0.1) is 10.2 Å². The first-order valence-corrected chi connectivity index (χ1v) is 14.4. The highest BCUT2D eigenvalue weighted by atomic mass is 32.1. The van der Waals surface area contributed by atoms with Gasteiger partial charge in [-0.2, -0.15) is 13.2 Å². The van der Waals surface area contributed by atoms with E-state index < -0.39 is 12.1 Å². The summed E-state index contributed by atoms with van der Waals surface area (Å²) in [6.45, 7) is 2.03. The quantitative estimate of drug-likeness (QED) is 0.266. The van der Waals surface area contributed by atoms with Gasteiger partial charge < -0.3 is 20.0 Å². The molecule has 4 aromatic rings. The van der Waals surface area contributed by atoms with E-state index in [9.17, 15) is 22.8 Å². The molecule has 2 aliphatic rings. The number of amides is 2. The van der Waals surface area contributed by atoms with Crippen LogP contribution in [0.25, 0.3) is 22.0 Å². The summed E-state index contributed by atoms with van der Waals surface area (Å²) in [5.74, 6) is -1.60. The molecule has 1 aliphatic heterocycles. The van der Waals surface area contributed by atoms with Crippen molar-refractivity contribution in [3.8, 4) is 22.0 Å². The molecule has 2 aromatic heterocycles. The third-order valence-electron chi connectivity index (χ3n) is 7.49. The molecule has 1 saturated carbocycles. The monoisotopic (exact) mass is 596 g/mol. The van der Waals surface area contributed by atoms with Crippen molar-refractivity contribution < 1.29 is 27.2 Å². The van der Waals surface area contributed by atoms with Crippen LogP contribution >= 0.6 is 11.3 Å². The molecular weight excluding hydrogens is 569 g/mol. The number of piperidine rings is 1. The van der Waals surface area contributed by atoms with Crippen LogP contribution in [0.5, 0.6) is 0 Å². The van der Waals surface area contributed by atoms with Crippen LogP contribution in [0.2, 0.25) is 0 Å². The van der Waals surface area contributed by atoms with Gasteiger partial charge in [0, 0.05) is 35.9 Å². The largest absolute Gasteiger partial charge is 0.471 e. The molecule has 6 rings (SSSR count). The maximum Gasteiger partial charge on any atom is 0.471 e. The average Bonchev–Trinajstić information content (AvgIpc) is 3.44. The van der Waals surface area contributed by atoms with Crippen molar-refractivity contribution in [2.75, 3.05) is 18.4 Å². The third kappa shape index (κ3) is 6.01. The van der Waals surface area contributed by atoms with Crippen LogP contribution < -0.4 is 10.6 Å². The molecule has 42 heavy (non-hydrogen) atoms. The number of aryl methyl sites for hydroxylation is 1. The molecule has 0 bridgehead atoms. The van der Waals surface area contributed by atoms with Gasteiger partial charge in [0.1, 0.15) is 4.88 Å². The highest BCUT2D eigenvalue weighted by Crippen LogP contribution is 2.41. The molecule has 2 amide bonds. The fourth-order valence-electron chi connectivity index (χ4n) is 5.03. The molecule has 0 radical (unpaired) electrons. The average molecular weight is 597 g/mol. The van der Waals surface area contributed by atoms with Crippen LogP contribution in [-0.2, 0) is 4.79 Å². The number of nitrogens with zero attached hydrogens (tertiary/aromatic N) is 4. The summed E-state index contributed by atoms with van der Waals surface area (Å²) in [6.07, 6.45) is -0.769. The molecule has 9 nitrogen and oxygen atoms in total. The van der Waals surface area contributed by atoms with E-state index in [4.69, 9.17) is 9.40 Å². The van der Waals surface area contributed by atoms with E-state index in [1.807, 2.05) is 37.3 Å². The second-order valence-corrected chi connectivity index (χ2v) is 11.5. The molecule has 2 fully saturated rings. The van der Waals surface area contributed by atoms with E-state index in [-0.39, 0.29) is 31.0 Å². The van der Waals surface area contributed by atoms with Gasteiger partial charge in [0.05, 0.1) is 5.69 Å². The first-order valence-electron chi connectivity index (χ1n) is 13.6. The first-order chi connectivity index (χ1) is 20.2. The Morgan fingerprint density at radius 1 is 1.07 bits per heavy atom. The van der Waals surface area contributed by atoms with Gasteiger partial charge in [-0.05, 0) is 67.9 Å². The molecule has 2 aromatic carbocycles. The minimum Gasteiger partial charge on any atom is -0.423 e. The lowest BCUT2D eigenvalue weighted by molar-refractivity contribution is -0.186. The van der Waals surface area contributed by atoms with E-state index in [1.165, 1.54) is 17.7 Å². The van der Waals surface area contributed by atoms with Crippen molar-refractivity contribution in [1.29, 1.82) is 0 Å². The van der Waals surface area contributed by atoms with Gasteiger partial charge in [-0.3, -0.25) is 9.59 Å². The van der Waals surface area contributed by atoms with Gasteiger partial charge >= 0.3 is 12.1 Å². The van der Waals surface area contributed by atoms with Gasteiger partial charge in [0.25, 0.3) is 11.8 Å². The van der Waals surface area contributed by atoms with Crippen molar-refractivity contribution in [3.63, 3.8) is 0 Å². The third-order valence-corrected chi connectivity index (χ3v) is 8.45. The number of hydrogen-bond acceptors (Lipinski definition) is 8. The number of nitrogens with one attached hydrogen (secondary N) is 2. The van der Waals surface area contributed by atoms with Gasteiger partial charge in [0.2, 0.25) is 6.39 Å². The SMILES string of the molecule is Cc1ccc(C(=O)NC2CC2)cc1Nc1nc(-c2cccc(C3CCN(C(=O)C(F)(F)F)CC3)c2)c(-c2nnco2)s1. The van der Waals surface area contributed by atoms with Gasteiger partial charge in [-0.25, -0.2) is 4.98 Å². The number of aromatic nitrogens is 3. The summed E-state index contributed by atoms with van der Waals surface area (Å²) in [5.41, 5.74) is 4.58. The number of alkyl halides is 3. The van der Waals surface area contributed by atoms with Gasteiger partial charge in [-0.1, -0.05) is 35.6 Å². The van der Waals surface area contributed by atoms with Crippen LogP contribution in [0.15, 0.2) is 53.3 Å². The van der Waals surface area contributed by atoms with Crippen LogP contribution in [0, 0.1) is 6.92 Å². The van der Waals surface area contributed by atoms with E-state index in [1.54, 1.807) is 12.1 Å². The summed E-state index contributed by atoms with van der Waals surface area (Å²) < 4.78 is 44.1. The van der Waals surface area contributed by atoms with Gasteiger partial charge in [0.15, 0.2) is 5.13 Å². The number of carbonyl (C=O) groups is 2. The minimum absolute atomic E-state index is 0.00232. The van der Waals surface area contributed by atoms with Crippen molar-refractivity contribution >= 4 is 34.0 Å². The molecular formula is C29H27F3N6O3S. The number of rotatable bonds is 7. The Labute approximate surface area is 243 Å². The van der Waals surface area contributed by atoms with Crippen LogP contribution in [0.4, 0.5) is 24.0 Å². The van der Waals surface area contributed by atoms with E-state index in [0.717, 1.165) is 40.1 Å². The Balaban J connectivity index is 1.26. The molecule has 218 valence electrons. The normalized spacial score (nSPS) is 16.0. The molecule has 1 aliphatic carbocycles. The molecule has 0 spiro atoms. The lowest BCUT2D eigenvalue weighted by atomic mass is 9.88. The number of likely N-dealkylation sites (tertiary alicyclic amines) is 1. The summed E-state index contributed by atoms with van der Waals surface area (Å²) in [5, 5.41) is 14.8. The zero-order valence-electron chi connectivity index (χ0n) is 22.6. The Hall–Kier alpha value is -4.26. The lowest BCUT2D eigenvalue weighted by Crippen LogP contribution is -2.45. The van der Waals surface area contributed by atoms with Crippen LogP contribution in [0.3, 0.4) is 0 Å². The molecule has 13 heteroatoms. The fraction of sp³-hybridized carbons (Fsp3) is 0.345. The Morgan fingerprint density at radius 3 is 2.55 bits per heavy atom. The molecule has 0 atom stereocenters. The highest BCUT2D eigenvalue weighted by Gasteiger charge is 2.43. The predicted octanol–water partition coefficient (Wildman–Crippen LogP) is 6.07. The van der Waals surface area contributed by atoms with E-state index in [0.29, 0.717) is 40.0 Å². The summed E-state index contributed by atoms with van der Waals surface area (Å²) >= 11 is 1.33. The van der Waals surface area contributed by atoms with Crippen molar-refractivity contribution in [3.05, 3.63) is 65.5 Å². The highest BCUT2D eigenvalue weighted by molar-refractivity contribution is 7.19. The Morgan fingerprint density at radius 2 is 1.86 bits per heavy atom. The number of anilines is 2. The Bertz CT molecular complexity index is 1610. The molecule has 0 unspecified atom stereocenters. The molecule has 3 heterocycles. The maximum absolute atomic E-state index is 12.9. The Kier molecular flexibility index (Phi) is 7.43. The standard InChI is InChI=1S/C29H27F3N6O3S/c1-16-5-6-20(25(39)34-21-7-8-21)14-22(16)35-28-36-23(24(42-28)26-37-33-15-41-26)19-4-2-3-18(13-19)17-9-11-38(12-10-17)27(40)29(30,31)32/h2-6,13-15,17,21H,7-12H2,1H3,(H,34,39)(H,35,36). The zero-order chi connectivity index (χ0) is 29.4. The number of carbonyl (C=O) groups excluding carboxylic acids is 2. The van der Waals surface area contributed by atoms with Crippen LogP contribution in [-0.4, -0.2) is 57.2 Å². The second-order valence-electron chi connectivity index (χ2n) is 10.5. The molecule has 1 saturated heterocycles. The number of halogens is 3. The number of benzene rings is 2. The number of hydrogen-bond donors (Lipinski definition) is 2. The smallest absolute Gasteiger partial charge is 0.423 e. The summed E-state index contributed by atoms with van der Waals surface area (Å²) in [4.78, 5) is 30.6. The lowest BCUT2D eigenvalue weighted by Gasteiger charge is -2.32. The maximum atomic E-state index is 12.9. The second kappa shape index (κ2) is 11.2. The van der Waals surface area contributed by atoms with Crippen molar-refractivity contribution in [1.82, 2.24) is 25.4 Å². The zero-order valence-corrected chi connectivity index (χ0v) is 23.4. The fourth-order valence-corrected chi connectivity index (χ4v) is 5.96.